The van der Waals surface area contributed by atoms with Gasteiger partial charge in [0, 0.05) is 42.2 Å². The van der Waals surface area contributed by atoms with Gasteiger partial charge in [0.15, 0.2) is 0 Å². The van der Waals surface area contributed by atoms with E-state index in [1.807, 2.05) is 26.1 Å². The molecule has 2 aliphatic heterocycles. The van der Waals surface area contributed by atoms with E-state index in [9.17, 15) is 4.79 Å². The fourth-order valence-electron chi connectivity index (χ4n) is 4.98. The zero-order valence-corrected chi connectivity index (χ0v) is 14.8. The Bertz CT molecular complexity index is 916. The smallest absolute Gasteiger partial charge is 0.341 e. The van der Waals surface area contributed by atoms with Gasteiger partial charge in [0.2, 0.25) is 5.79 Å². The van der Waals surface area contributed by atoms with E-state index in [-0.39, 0.29) is 11.4 Å². The first-order chi connectivity index (χ1) is 12.0. The van der Waals surface area contributed by atoms with Gasteiger partial charge < -0.3 is 14.0 Å². The standard InChI is InChI=1S/C21H23NO3/c1-20-16(11-21(13-24-20)9-5-6-10-21)18(19(23)25-20)15-12-22(2)17-8-4-3-7-14(15)17/h3-4,7-8,12H,5-6,9-11,13H2,1-2H3/t20-/m0/s1. The summed E-state index contributed by atoms with van der Waals surface area (Å²) in [6, 6.07) is 8.21. The summed E-state index contributed by atoms with van der Waals surface area (Å²) in [5.41, 5.74) is 4.06. The number of carbonyl (C=O) groups is 1. The van der Waals surface area contributed by atoms with Crippen molar-refractivity contribution in [3.8, 4) is 0 Å². The van der Waals surface area contributed by atoms with Crippen LogP contribution >= 0.6 is 0 Å². The Balaban J connectivity index is 1.72. The number of aryl methyl sites for hydroxylation is 1. The molecule has 3 aliphatic rings. The number of nitrogens with zero attached hydrogens (tertiary/aromatic N) is 1. The summed E-state index contributed by atoms with van der Waals surface area (Å²) in [4.78, 5) is 12.8. The topological polar surface area (TPSA) is 40.5 Å². The summed E-state index contributed by atoms with van der Waals surface area (Å²) in [5, 5.41) is 1.10. The highest BCUT2D eigenvalue weighted by molar-refractivity contribution is 6.23. The molecule has 1 atom stereocenters. The summed E-state index contributed by atoms with van der Waals surface area (Å²) < 4.78 is 14.0. The zero-order chi connectivity index (χ0) is 17.2. The third kappa shape index (κ3) is 2.07. The van der Waals surface area contributed by atoms with E-state index in [1.54, 1.807) is 0 Å². The minimum Gasteiger partial charge on any atom is -0.426 e. The van der Waals surface area contributed by atoms with Crippen LogP contribution in [0.1, 0.15) is 44.6 Å². The third-order valence-electron chi connectivity index (χ3n) is 6.38. The van der Waals surface area contributed by atoms with E-state index in [4.69, 9.17) is 9.47 Å². The SMILES string of the molecule is Cn1cc(C2=C3CC4(CCCC4)CO[C@@]3(C)OC2=O)c2ccccc21. The number of fused-ring (bicyclic) bond motifs is 2. The Hall–Kier alpha value is -2.07. The van der Waals surface area contributed by atoms with Crippen molar-refractivity contribution in [2.24, 2.45) is 12.5 Å². The van der Waals surface area contributed by atoms with Gasteiger partial charge in [-0.25, -0.2) is 4.79 Å². The highest BCUT2D eigenvalue weighted by atomic mass is 16.7. The Morgan fingerprint density at radius 2 is 1.92 bits per heavy atom. The van der Waals surface area contributed by atoms with Crippen molar-refractivity contribution < 1.29 is 14.3 Å². The predicted octanol–water partition coefficient (Wildman–Crippen LogP) is 4.19. The molecule has 1 saturated carbocycles. The number of aromatic nitrogens is 1. The van der Waals surface area contributed by atoms with E-state index in [1.165, 1.54) is 25.7 Å². The van der Waals surface area contributed by atoms with Crippen LogP contribution in [0.2, 0.25) is 0 Å². The second kappa shape index (κ2) is 4.98. The maximum Gasteiger partial charge on any atom is 0.341 e. The fourth-order valence-corrected chi connectivity index (χ4v) is 4.98. The van der Waals surface area contributed by atoms with Crippen LogP contribution in [0.4, 0.5) is 0 Å². The minimum atomic E-state index is -0.892. The molecule has 1 aliphatic carbocycles. The molecule has 1 saturated heterocycles. The first kappa shape index (κ1) is 15.2. The lowest BCUT2D eigenvalue weighted by Crippen LogP contribution is -2.43. The van der Waals surface area contributed by atoms with Crippen molar-refractivity contribution in [3.05, 3.63) is 41.6 Å². The fraction of sp³-hybridized carbons (Fsp3) is 0.476. The molecule has 25 heavy (non-hydrogen) atoms. The van der Waals surface area contributed by atoms with Gasteiger partial charge in [0.25, 0.3) is 0 Å². The molecule has 2 aromatic rings. The first-order valence-corrected chi connectivity index (χ1v) is 9.17. The maximum atomic E-state index is 12.8. The van der Waals surface area contributed by atoms with Gasteiger partial charge in [0.1, 0.15) is 0 Å². The number of carbonyl (C=O) groups excluding carboxylic acids is 1. The largest absolute Gasteiger partial charge is 0.426 e. The second-order valence-corrected chi connectivity index (χ2v) is 8.03. The van der Waals surface area contributed by atoms with Gasteiger partial charge in [0.05, 0.1) is 12.2 Å². The van der Waals surface area contributed by atoms with Gasteiger partial charge >= 0.3 is 5.97 Å². The molecule has 4 nitrogen and oxygen atoms in total. The van der Waals surface area contributed by atoms with Crippen molar-refractivity contribution in [1.29, 1.82) is 0 Å². The van der Waals surface area contributed by atoms with Crippen molar-refractivity contribution in [1.82, 2.24) is 4.57 Å². The third-order valence-corrected chi connectivity index (χ3v) is 6.38. The molecular formula is C21H23NO3. The number of benzene rings is 1. The molecule has 130 valence electrons. The van der Waals surface area contributed by atoms with Crippen molar-refractivity contribution in [2.75, 3.05) is 6.61 Å². The molecule has 0 N–H and O–H groups in total. The van der Waals surface area contributed by atoms with Crippen molar-refractivity contribution in [2.45, 2.75) is 44.8 Å². The summed E-state index contributed by atoms with van der Waals surface area (Å²) in [6.07, 6.45) is 7.84. The van der Waals surface area contributed by atoms with Crippen LogP contribution in [0.25, 0.3) is 16.5 Å². The number of hydrogen-bond donors (Lipinski definition) is 0. The summed E-state index contributed by atoms with van der Waals surface area (Å²) in [6.45, 7) is 2.60. The highest BCUT2D eigenvalue weighted by Crippen LogP contribution is 2.54. The van der Waals surface area contributed by atoms with Gasteiger partial charge in [-0.15, -0.1) is 0 Å². The molecule has 1 aromatic heterocycles. The summed E-state index contributed by atoms with van der Waals surface area (Å²) >= 11 is 0. The quantitative estimate of drug-likeness (QED) is 0.733. The number of ether oxygens (including phenoxy) is 2. The van der Waals surface area contributed by atoms with Crippen LogP contribution in [0.15, 0.2) is 36.0 Å². The highest BCUT2D eigenvalue weighted by Gasteiger charge is 2.54. The molecule has 1 spiro atoms. The zero-order valence-electron chi connectivity index (χ0n) is 14.8. The van der Waals surface area contributed by atoms with Crippen LogP contribution in [0.3, 0.4) is 0 Å². The van der Waals surface area contributed by atoms with Crippen LogP contribution in [-0.4, -0.2) is 22.9 Å². The monoisotopic (exact) mass is 337 g/mol. The molecule has 5 rings (SSSR count). The number of esters is 1. The number of para-hydroxylation sites is 1. The summed E-state index contributed by atoms with van der Waals surface area (Å²) in [5.74, 6) is -1.14. The van der Waals surface area contributed by atoms with Crippen LogP contribution < -0.4 is 0 Å². The Morgan fingerprint density at radius 3 is 2.72 bits per heavy atom. The average Bonchev–Trinajstić information content (AvgIpc) is 3.25. The number of hydrogen-bond acceptors (Lipinski definition) is 3. The lowest BCUT2D eigenvalue weighted by Gasteiger charge is -2.41. The molecule has 1 aromatic carbocycles. The molecule has 0 bridgehead atoms. The Morgan fingerprint density at radius 1 is 1.16 bits per heavy atom. The Labute approximate surface area is 147 Å². The van der Waals surface area contributed by atoms with E-state index in [0.717, 1.165) is 34.0 Å². The molecule has 0 unspecified atom stereocenters. The number of rotatable bonds is 1. The maximum absolute atomic E-state index is 12.8. The molecule has 0 radical (unpaired) electrons. The molecule has 0 amide bonds. The molecular weight excluding hydrogens is 314 g/mol. The van der Waals surface area contributed by atoms with E-state index < -0.39 is 5.79 Å². The second-order valence-electron chi connectivity index (χ2n) is 8.03. The van der Waals surface area contributed by atoms with Gasteiger partial charge in [-0.1, -0.05) is 31.0 Å². The minimum absolute atomic E-state index is 0.193. The van der Waals surface area contributed by atoms with E-state index in [2.05, 4.69) is 22.9 Å². The van der Waals surface area contributed by atoms with Crippen molar-refractivity contribution >= 4 is 22.4 Å². The first-order valence-electron chi connectivity index (χ1n) is 9.17. The van der Waals surface area contributed by atoms with E-state index in [0.29, 0.717) is 6.61 Å². The molecule has 4 heteroatoms. The lowest BCUT2D eigenvalue weighted by molar-refractivity contribution is -0.218. The summed E-state index contributed by atoms with van der Waals surface area (Å²) in [7, 11) is 2.02. The predicted molar refractivity (Wildman–Crippen MR) is 95.8 cm³/mol. The Kier molecular flexibility index (Phi) is 3.03. The molecule has 3 heterocycles. The average molecular weight is 337 g/mol. The van der Waals surface area contributed by atoms with Gasteiger partial charge in [-0.05, 0) is 30.7 Å². The normalized spacial score (nSPS) is 28.0. The van der Waals surface area contributed by atoms with Crippen molar-refractivity contribution in [3.63, 3.8) is 0 Å². The van der Waals surface area contributed by atoms with E-state index >= 15 is 0 Å². The van der Waals surface area contributed by atoms with Crippen LogP contribution in [0.5, 0.6) is 0 Å². The van der Waals surface area contributed by atoms with Gasteiger partial charge in [-0.3, -0.25) is 0 Å². The van der Waals surface area contributed by atoms with Crippen LogP contribution in [0, 0.1) is 5.41 Å². The lowest BCUT2D eigenvalue weighted by atomic mass is 9.75. The van der Waals surface area contributed by atoms with Gasteiger partial charge in [-0.2, -0.15) is 0 Å². The van der Waals surface area contributed by atoms with Crippen LogP contribution in [-0.2, 0) is 21.3 Å². The molecule has 2 fully saturated rings.